The van der Waals surface area contributed by atoms with Crippen molar-refractivity contribution in [1.29, 1.82) is 0 Å². The van der Waals surface area contributed by atoms with E-state index < -0.39 is 11.9 Å². The SMILES string of the molecule is COC(=O)c1sccc1NC(=O)C[C@H](C)CC(=O)O. The van der Waals surface area contributed by atoms with Crippen molar-refractivity contribution in [2.45, 2.75) is 19.8 Å². The lowest BCUT2D eigenvalue weighted by Crippen LogP contribution is -2.18. The molecule has 1 amide bonds. The van der Waals surface area contributed by atoms with Gasteiger partial charge in [0.15, 0.2) is 0 Å². The van der Waals surface area contributed by atoms with Gasteiger partial charge in [-0.25, -0.2) is 4.79 Å². The number of carboxylic acid groups (broad SMARTS) is 1. The van der Waals surface area contributed by atoms with Gasteiger partial charge in [0, 0.05) is 12.8 Å². The fraction of sp³-hybridized carbons (Fsp3) is 0.417. The van der Waals surface area contributed by atoms with E-state index in [0.29, 0.717) is 10.6 Å². The van der Waals surface area contributed by atoms with Crippen molar-refractivity contribution in [1.82, 2.24) is 0 Å². The van der Waals surface area contributed by atoms with Gasteiger partial charge in [0.2, 0.25) is 5.91 Å². The number of rotatable bonds is 6. The number of thiophene rings is 1. The molecule has 19 heavy (non-hydrogen) atoms. The fourth-order valence-electron chi connectivity index (χ4n) is 1.55. The Kier molecular flexibility index (Phi) is 5.50. The second kappa shape index (κ2) is 6.89. The average Bonchev–Trinajstić information content (AvgIpc) is 2.74. The summed E-state index contributed by atoms with van der Waals surface area (Å²) in [6.07, 6.45) is 0.0175. The van der Waals surface area contributed by atoms with E-state index in [1.165, 1.54) is 18.4 Å². The van der Waals surface area contributed by atoms with Gasteiger partial charge in [0.1, 0.15) is 4.88 Å². The molecule has 0 aliphatic carbocycles. The van der Waals surface area contributed by atoms with Crippen LogP contribution in [0.5, 0.6) is 0 Å². The van der Waals surface area contributed by atoms with E-state index in [4.69, 9.17) is 5.11 Å². The number of anilines is 1. The maximum absolute atomic E-state index is 11.7. The molecule has 1 aromatic rings. The minimum absolute atomic E-state index is 0.0685. The fourth-order valence-corrected chi connectivity index (χ4v) is 2.31. The lowest BCUT2D eigenvalue weighted by molar-refractivity contribution is -0.138. The molecule has 0 aliphatic heterocycles. The van der Waals surface area contributed by atoms with E-state index in [-0.39, 0.29) is 24.7 Å². The van der Waals surface area contributed by atoms with E-state index >= 15 is 0 Å². The van der Waals surface area contributed by atoms with E-state index in [1.54, 1.807) is 18.4 Å². The molecule has 0 saturated heterocycles. The molecule has 104 valence electrons. The molecular weight excluding hydrogens is 270 g/mol. The number of amides is 1. The number of aliphatic carboxylic acids is 1. The highest BCUT2D eigenvalue weighted by atomic mass is 32.1. The Balaban J connectivity index is 2.60. The van der Waals surface area contributed by atoms with Crippen molar-refractivity contribution in [3.63, 3.8) is 0 Å². The third-order valence-electron chi connectivity index (χ3n) is 2.37. The van der Waals surface area contributed by atoms with Crippen molar-refractivity contribution in [3.05, 3.63) is 16.3 Å². The van der Waals surface area contributed by atoms with Crippen molar-refractivity contribution >= 4 is 34.9 Å². The van der Waals surface area contributed by atoms with Crippen molar-refractivity contribution in [2.75, 3.05) is 12.4 Å². The van der Waals surface area contributed by atoms with Crippen LogP contribution in [0.3, 0.4) is 0 Å². The summed E-state index contributed by atoms with van der Waals surface area (Å²) < 4.78 is 4.59. The average molecular weight is 285 g/mol. The number of ether oxygens (including phenoxy) is 1. The molecule has 2 N–H and O–H groups in total. The Morgan fingerprint density at radius 2 is 2.11 bits per heavy atom. The Morgan fingerprint density at radius 1 is 1.42 bits per heavy atom. The van der Waals surface area contributed by atoms with Crippen LogP contribution in [0.2, 0.25) is 0 Å². The van der Waals surface area contributed by atoms with Gasteiger partial charge < -0.3 is 15.2 Å². The monoisotopic (exact) mass is 285 g/mol. The Hall–Kier alpha value is -1.89. The van der Waals surface area contributed by atoms with Crippen LogP contribution >= 0.6 is 11.3 Å². The number of hydrogen-bond acceptors (Lipinski definition) is 5. The summed E-state index contributed by atoms with van der Waals surface area (Å²) >= 11 is 1.17. The molecule has 0 saturated carbocycles. The molecule has 1 rings (SSSR count). The summed E-state index contributed by atoms with van der Waals surface area (Å²) in [6.45, 7) is 1.68. The van der Waals surface area contributed by atoms with Crippen molar-refractivity contribution < 1.29 is 24.2 Å². The van der Waals surface area contributed by atoms with Crippen LogP contribution in [-0.4, -0.2) is 30.1 Å². The number of hydrogen-bond donors (Lipinski definition) is 2. The zero-order valence-corrected chi connectivity index (χ0v) is 11.5. The second-order valence-electron chi connectivity index (χ2n) is 4.11. The first kappa shape index (κ1) is 15.2. The smallest absolute Gasteiger partial charge is 0.350 e. The van der Waals surface area contributed by atoms with Gasteiger partial charge in [-0.1, -0.05) is 6.92 Å². The number of methoxy groups -OCH3 is 1. The summed E-state index contributed by atoms with van der Waals surface area (Å²) in [4.78, 5) is 33.9. The normalized spacial score (nSPS) is 11.7. The predicted molar refractivity (Wildman–Crippen MR) is 70.3 cm³/mol. The zero-order chi connectivity index (χ0) is 14.4. The van der Waals surface area contributed by atoms with Gasteiger partial charge in [0.05, 0.1) is 12.8 Å². The highest BCUT2D eigenvalue weighted by Crippen LogP contribution is 2.23. The molecule has 0 spiro atoms. The molecule has 7 heteroatoms. The van der Waals surface area contributed by atoms with Crippen LogP contribution in [0.4, 0.5) is 5.69 Å². The van der Waals surface area contributed by atoms with Crippen LogP contribution in [0.15, 0.2) is 11.4 Å². The van der Waals surface area contributed by atoms with Gasteiger partial charge in [-0.3, -0.25) is 9.59 Å². The van der Waals surface area contributed by atoms with Crippen LogP contribution in [0.1, 0.15) is 29.4 Å². The van der Waals surface area contributed by atoms with Crippen LogP contribution in [-0.2, 0) is 14.3 Å². The zero-order valence-electron chi connectivity index (χ0n) is 10.6. The number of carbonyl (C=O) groups is 3. The van der Waals surface area contributed by atoms with E-state index in [9.17, 15) is 14.4 Å². The molecule has 1 heterocycles. The minimum Gasteiger partial charge on any atom is -0.481 e. The summed E-state index contributed by atoms with van der Waals surface area (Å²) in [5.41, 5.74) is 0.393. The lowest BCUT2D eigenvalue weighted by Gasteiger charge is -2.09. The Morgan fingerprint density at radius 3 is 2.68 bits per heavy atom. The van der Waals surface area contributed by atoms with Gasteiger partial charge in [0.25, 0.3) is 0 Å². The first-order chi connectivity index (χ1) is 8.93. The molecular formula is C12H15NO5S. The third-order valence-corrected chi connectivity index (χ3v) is 3.26. The third kappa shape index (κ3) is 4.70. The van der Waals surface area contributed by atoms with Gasteiger partial charge in [-0.2, -0.15) is 0 Å². The summed E-state index contributed by atoms with van der Waals surface area (Å²) in [6, 6.07) is 1.61. The molecule has 0 aromatic carbocycles. The van der Waals surface area contributed by atoms with Gasteiger partial charge in [-0.15, -0.1) is 11.3 Å². The Labute approximate surface area is 114 Å². The minimum atomic E-state index is -0.939. The molecule has 1 aromatic heterocycles. The Bertz CT molecular complexity index is 482. The first-order valence-corrected chi connectivity index (χ1v) is 6.49. The summed E-state index contributed by atoms with van der Waals surface area (Å²) in [5, 5.41) is 12.9. The summed E-state index contributed by atoms with van der Waals surface area (Å²) in [7, 11) is 1.27. The lowest BCUT2D eigenvalue weighted by atomic mass is 10.0. The number of nitrogens with one attached hydrogen (secondary N) is 1. The second-order valence-corrected chi connectivity index (χ2v) is 5.03. The quantitative estimate of drug-likeness (QED) is 0.779. The number of esters is 1. The molecule has 0 aliphatic rings. The molecule has 0 unspecified atom stereocenters. The first-order valence-electron chi connectivity index (χ1n) is 5.61. The van der Waals surface area contributed by atoms with Gasteiger partial charge >= 0.3 is 11.9 Å². The highest BCUT2D eigenvalue weighted by molar-refractivity contribution is 7.12. The van der Waals surface area contributed by atoms with Crippen LogP contribution in [0, 0.1) is 5.92 Å². The maximum atomic E-state index is 11.7. The molecule has 0 radical (unpaired) electrons. The molecule has 6 nitrogen and oxygen atoms in total. The van der Waals surface area contributed by atoms with Crippen LogP contribution < -0.4 is 5.32 Å². The molecule has 0 bridgehead atoms. The van der Waals surface area contributed by atoms with Crippen LogP contribution in [0.25, 0.3) is 0 Å². The topological polar surface area (TPSA) is 92.7 Å². The largest absolute Gasteiger partial charge is 0.481 e. The standard InChI is InChI=1S/C12H15NO5S/c1-7(6-10(15)16)5-9(14)13-8-3-4-19-11(8)12(17)18-2/h3-4,7H,5-6H2,1-2H3,(H,13,14)(H,15,16)/t7-/m0/s1. The highest BCUT2D eigenvalue weighted by Gasteiger charge is 2.17. The maximum Gasteiger partial charge on any atom is 0.350 e. The van der Waals surface area contributed by atoms with E-state index in [2.05, 4.69) is 10.1 Å². The van der Waals surface area contributed by atoms with E-state index in [0.717, 1.165) is 0 Å². The molecule has 0 fully saturated rings. The van der Waals surface area contributed by atoms with Crippen molar-refractivity contribution in [2.24, 2.45) is 5.92 Å². The summed E-state index contributed by atoms with van der Waals surface area (Å²) in [5.74, 6) is -2.04. The predicted octanol–water partition coefficient (Wildman–Crippen LogP) is 1.97. The number of carbonyl (C=O) groups excluding carboxylic acids is 2. The number of carboxylic acids is 1. The van der Waals surface area contributed by atoms with Gasteiger partial charge in [-0.05, 0) is 17.4 Å². The van der Waals surface area contributed by atoms with Crippen molar-refractivity contribution in [3.8, 4) is 0 Å². The molecule has 1 atom stereocenters. The van der Waals surface area contributed by atoms with E-state index in [1.807, 2.05) is 0 Å².